The number of nitrogens with zero attached hydrogens (tertiary/aromatic N) is 3. The summed E-state index contributed by atoms with van der Waals surface area (Å²) in [7, 11) is 1.66. The maximum absolute atomic E-state index is 13.3. The minimum atomic E-state index is -0.334. The monoisotopic (exact) mass is 397 g/mol. The molecule has 1 saturated carbocycles. The molecule has 1 N–H and O–H groups in total. The van der Waals surface area contributed by atoms with E-state index in [0.717, 1.165) is 61.6 Å². The number of hydrogen-bond donors (Lipinski definition) is 1. The number of benzene rings is 1. The average molecular weight is 398 g/mol. The van der Waals surface area contributed by atoms with Crippen LogP contribution in [0, 0.1) is 6.92 Å². The third-order valence-corrected chi connectivity index (χ3v) is 6.66. The first-order valence-corrected chi connectivity index (χ1v) is 10.6. The Bertz CT molecular complexity index is 862. The van der Waals surface area contributed by atoms with Crippen molar-refractivity contribution in [3.63, 3.8) is 0 Å². The van der Waals surface area contributed by atoms with Crippen LogP contribution in [0.25, 0.3) is 0 Å². The second-order valence-electron chi connectivity index (χ2n) is 8.54. The molecular weight excluding hydrogens is 366 g/mol. The zero-order valence-electron chi connectivity index (χ0n) is 17.6. The highest BCUT2D eigenvalue weighted by molar-refractivity contribution is 5.91. The van der Waals surface area contributed by atoms with Crippen LogP contribution in [0.2, 0.25) is 0 Å². The molecule has 2 heterocycles. The lowest BCUT2D eigenvalue weighted by molar-refractivity contribution is -0.135. The fourth-order valence-electron chi connectivity index (χ4n) is 4.73. The number of rotatable bonds is 6. The van der Waals surface area contributed by atoms with Gasteiger partial charge >= 0.3 is 0 Å². The summed E-state index contributed by atoms with van der Waals surface area (Å²) in [5.41, 5.74) is 1.85. The molecule has 6 heteroatoms. The van der Waals surface area contributed by atoms with E-state index in [-0.39, 0.29) is 24.0 Å². The number of imidazole rings is 1. The first-order valence-electron chi connectivity index (χ1n) is 10.6. The lowest BCUT2D eigenvalue weighted by atomic mass is 9.91. The van der Waals surface area contributed by atoms with Gasteiger partial charge in [-0.25, -0.2) is 4.98 Å². The SMILES string of the molecule is COc1ccc(C2(C(=O)N3CCC(c4ncc(C)n4[C@H](C)CO)CC3)CC2)cc1. The van der Waals surface area contributed by atoms with Gasteiger partial charge in [-0.05, 0) is 57.2 Å². The molecule has 1 aromatic carbocycles. The Morgan fingerprint density at radius 2 is 1.93 bits per heavy atom. The average Bonchev–Trinajstić information content (AvgIpc) is 3.49. The maximum atomic E-state index is 13.3. The number of likely N-dealkylation sites (tertiary alicyclic amines) is 1. The van der Waals surface area contributed by atoms with Crippen LogP contribution >= 0.6 is 0 Å². The summed E-state index contributed by atoms with van der Waals surface area (Å²) >= 11 is 0. The molecule has 1 amide bonds. The molecule has 2 fully saturated rings. The van der Waals surface area contributed by atoms with Crippen molar-refractivity contribution in [1.82, 2.24) is 14.5 Å². The number of amides is 1. The van der Waals surface area contributed by atoms with Crippen LogP contribution in [0.1, 0.15) is 61.6 Å². The molecule has 1 aliphatic carbocycles. The number of aliphatic hydroxyl groups excluding tert-OH is 1. The van der Waals surface area contributed by atoms with E-state index in [1.165, 1.54) is 0 Å². The van der Waals surface area contributed by atoms with Gasteiger partial charge in [0.1, 0.15) is 11.6 Å². The molecule has 6 nitrogen and oxygen atoms in total. The van der Waals surface area contributed by atoms with Crippen LogP contribution in [-0.2, 0) is 10.2 Å². The third-order valence-electron chi connectivity index (χ3n) is 6.66. The van der Waals surface area contributed by atoms with Crippen LogP contribution in [0.5, 0.6) is 5.75 Å². The van der Waals surface area contributed by atoms with E-state index in [9.17, 15) is 9.90 Å². The van der Waals surface area contributed by atoms with Gasteiger partial charge in [0.2, 0.25) is 5.91 Å². The predicted molar refractivity (Wildman–Crippen MR) is 111 cm³/mol. The quantitative estimate of drug-likeness (QED) is 0.813. The number of methoxy groups -OCH3 is 1. The molecule has 1 saturated heterocycles. The van der Waals surface area contributed by atoms with Gasteiger partial charge in [0, 0.05) is 30.9 Å². The number of ether oxygens (including phenoxy) is 1. The molecule has 2 aromatic rings. The van der Waals surface area contributed by atoms with E-state index in [4.69, 9.17) is 4.74 Å². The second-order valence-corrected chi connectivity index (χ2v) is 8.54. The Morgan fingerprint density at radius 3 is 2.48 bits per heavy atom. The first kappa shape index (κ1) is 20.0. The lowest BCUT2D eigenvalue weighted by Gasteiger charge is -2.35. The van der Waals surface area contributed by atoms with Crippen LogP contribution in [-0.4, -0.2) is 52.3 Å². The minimum absolute atomic E-state index is 0.0250. The van der Waals surface area contributed by atoms with Crippen molar-refractivity contribution in [1.29, 1.82) is 0 Å². The Labute approximate surface area is 172 Å². The number of aliphatic hydroxyl groups is 1. The van der Waals surface area contributed by atoms with Gasteiger partial charge in [0.05, 0.1) is 25.2 Å². The van der Waals surface area contributed by atoms with Crippen LogP contribution < -0.4 is 4.74 Å². The molecular formula is C23H31N3O3. The van der Waals surface area contributed by atoms with E-state index in [0.29, 0.717) is 5.92 Å². The number of carbonyl (C=O) groups is 1. The predicted octanol–water partition coefficient (Wildman–Crippen LogP) is 3.19. The molecule has 0 spiro atoms. The summed E-state index contributed by atoms with van der Waals surface area (Å²) in [5.74, 6) is 2.47. The number of hydrogen-bond acceptors (Lipinski definition) is 4. The molecule has 0 unspecified atom stereocenters. The Balaban J connectivity index is 1.44. The van der Waals surface area contributed by atoms with Crippen molar-refractivity contribution in [2.24, 2.45) is 0 Å². The second kappa shape index (κ2) is 7.82. The number of piperidine rings is 1. The van der Waals surface area contributed by atoms with E-state index in [1.807, 2.05) is 49.2 Å². The molecule has 4 rings (SSSR count). The lowest BCUT2D eigenvalue weighted by Crippen LogP contribution is -2.44. The highest BCUT2D eigenvalue weighted by Gasteiger charge is 2.53. The van der Waals surface area contributed by atoms with Crippen molar-refractivity contribution < 1.29 is 14.6 Å². The summed E-state index contributed by atoms with van der Waals surface area (Å²) in [6, 6.07) is 7.98. The van der Waals surface area contributed by atoms with E-state index >= 15 is 0 Å². The zero-order valence-corrected chi connectivity index (χ0v) is 17.6. The molecule has 0 bridgehead atoms. The molecule has 2 aliphatic rings. The summed E-state index contributed by atoms with van der Waals surface area (Å²) in [6.45, 7) is 5.68. The topological polar surface area (TPSA) is 67.6 Å². The standard InChI is InChI=1S/C23H31N3O3/c1-16-14-24-21(26(16)17(2)15-27)18-8-12-25(13-9-18)22(28)23(10-11-23)19-4-6-20(29-3)7-5-19/h4-7,14,17-18,27H,8-13,15H2,1-3H3/t17-/m1/s1. The summed E-state index contributed by atoms with van der Waals surface area (Å²) in [6.07, 6.45) is 5.57. The van der Waals surface area contributed by atoms with E-state index in [2.05, 4.69) is 9.55 Å². The van der Waals surface area contributed by atoms with Crippen molar-refractivity contribution in [3.8, 4) is 5.75 Å². The van der Waals surface area contributed by atoms with Crippen molar-refractivity contribution >= 4 is 5.91 Å². The Hall–Kier alpha value is -2.34. The maximum Gasteiger partial charge on any atom is 0.233 e. The van der Waals surface area contributed by atoms with E-state index in [1.54, 1.807) is 7.11 Å². The molecule has 1 atom stereocenters. The Morgan fingerprint density at radius 1 is 1.28 bits per heavy atom. The van der Waals surface area contributed by atoms with Crippen LogP contribution in [0.4, 0.5) is 0 Å². The highest BCUT2D eigenvalue weighted by atomic mass is 16.5. The van der Waals surface area contributed by atoms with Gasteiger partial charge < -0.3 is 19.3 Å². The molecule has 0 radical (unpaired) electrons. The first-order chi connectivity index (χ1) is 14.0. The number of aromatic nitrogens is 2. The molecule has 1 aliphatic heterocycles. The fourth-order valence-corrected chi connectivity index (χ4v) is 4.73. The summed E-state index contributed by atoms with van der Waals surface area (Å²) in [4.78, 5) is 20.0. The summed E-state index contributed by atoms with van der Waals surface area (Å²) in [5, 5.41) is 9.60. The third kappa shape index (κ3) is 3.54. The molecule has 29 heavy (non-hydrogen) atoms. The normalized spacial score (nSPS) is 19.8. The summed E-state index contributed by atoms with van der Waals surface area (Å²) < 4.78 is 7.40. The van der Waals surface area contributed by atoms with E-state index < -0.39 is 0 Å². The van der Waals surface area contributed by atoms with Crippen LogP contribution in [0.15, 0.2) is 30.5 Å². The number of carbonyl (C=O) groups excluding carboxylic acids is 1. The van der Waals surface area contributed by atoms with Gasteiger partial charge in [-0.3, -0.25) is 4.79 Å². The fraction of sp³-hybridized carbons (Fsp3) is 0.565. The van der Waals surface area contributed by atoms with Gasteiger partial charge in [-0.1, -0.05) is 12.1 Å². The Kier molecular flexibility index (Phi) is 5.38. The van der Waals surface area contributed by atoms with Crippen LogP contribution in [0.3, 0.4) is 0 Å². The highest BCUT2D eigenvalue weighted by Crippen LogP contribution is 2.50. The van der Waals surface area contributed by atoms with Gasteiger partial charge in [0.15, 0.2) is 0 Å². The minimum Gasteiger partial charge on any atom is -0.497 e. The van der Waals surface area contributed by atoms with Gasteiger partial charge in [0.25, 0.3) is 0 Å². The largest absolute Gasteiger partial charge is 0.497 e. The van der Waals surface area contributed by atoms with Gasteiger partial charge in [-0.2, -0.15) is 0 Å². The zero-order chi connectivity index (χ0) is 20.6. The van der Waals surface area contributed by atoms with Gasteiger partial charge in [-0.15, -0.1) is 0 Å². The number of aryl methyl sites for hydroxylation is 1. The molecule has 1 aromatic heterocycles. The smallest absolute Gasteiger partial charge is 0.233 e. The van der Waals surface area contributed by atoms with Crippen molar-refractivity contribution in [3.05, 3.63) is 47.5 Å². The molecule has 156 valence electrons. The van der Waals surface area contributed by atoms with Crippen molar-refractivity contribution in [2.75, 3.05) is 26.8 Å². The van der Waals surface area contributed by atoms with Crippen molar-refractivity contribution in [2.45, 2.75) is 56.9 Å².